The quantitative estimate of drug-likeness (QED) is 0.803. The second-order valence-corrected chi connectivity index (χ2v) is 8.15. The van der Waals surface area contributed by atoms with E-state index in [4.69, 9.17) is 0 Å². The first-order chi connectivity index (χ1) is 11.5. The van der Waals surface area contributed by atoms with E-state index >= 15 is 0 Å². The van der Waals surface area contributed by atoms with Gasteiger partial charge in [-0.25, -0.2) is 0 Å². The van der Waals surface area contributed by atoms with Gasteiger partial charge < -0.3 is 10.4 Å². The molecule has 2 aromatic rings. The van der Waals surface area contributed by atoms with E-state index < -0.39 is 0 Å². The fraction of sp³-hybridized carbons (Fsp3) is 0.450. The predicted molar refractivity (Wildman–Crippen MR) is 98.4 cm³/mol. The van der Waals surface area contributed by atoms with Crippen LogP contribution >= 0.6 is 11.3 Å². The maximum absolute atomic E-state index is 12.4. The Morgan fingerprint density at radius 2 is 2.04 bits per heavy atom. The number of thiophene rings is 1. The van der Waals surface area contributed by atoms with Crippen molar-refractivity contribution in [3.05, 3.63) is 57.8 Å². The van der Waals surface area contributed by atoms with Gasteiger partial charge in [0.2, 0.25) is 5.91 Å². The average molecular weight is 343 g/mol. The molecule has 1 aliphatic carbocycles. The number of amides is 1. The number of nitrogens with one attached hydrogen (secondary N) is 1. The van der Waals surface area contributed by atoms with Crippen LogP contribution in [0.5, 0.6) is 0 Å². The Hall–Kier alpha value is -1.65. The third-order valence-corrected chi connectivity index (χ3v) is 5.81. The van der Waals surface area contributed by atoms with Crippen molar-refractivity contribution in [3.8, 4) is 0 Å². The van der Waals surface area contributed by atoms with E-state index in [0.717, 1.165) is 6.42 Å². The first-order valence-corrected chi connectivity index (χ1v) is 9.43. The molecule has 4 atom stereocenters. The number of carbonyl (C=O) groups is 1. The number of hydrogen-bond donors (Lipinski definition) is 2. The molecule has 1 amide bonds. The lowest BCUT2D eigenvalue weighted by molar-refractivity contribution is -0.122. The fourth-order valence-corrected chi connectivity index (χ4v) is 4.34. The van der Waals surface area contributed by atoms with E-state index in [9.17, 15) is 9.90 Å². The number of aryl methyl sites for hydroxylation is 1. The van der Waals surface area contributed by atoms with Gasteiger partial charge in [-0.3, -0.25) is 4.79 Å². The van der Waals surface area contributed by atoms with E-state index in [1.807, 2.05) is 18.2 Å². The molecule has 1 aromatic heterocycles. The van der Waals surface area contributed by atoms with Crippen molar-refractivity contribution >= 4 is 17.2 Å². The van der Waals surface area contributed by atoms with E-state index in [1.54, 1.807) is 18.3 Å². The Morgan fingerprint density at radius 3 is 2.67 bits per heavy atom. The van der Waals surface area contributed by atoms with Crippen LogP contribution in [-0.2, 0) is 4.79 Å². The van der Waals surface area contributed by atoms with Crippen LogP contribution < -0.4 is 5.32 Å². The summed E-state index contributed by atoms with van der Waals surface area (Å²) >= 11 is 1.80. The molecule has 3 nitrogen and oxygen atoms in total. The summed E-state index contributed by atoms with van der Waals surface area (Å²) in [5.41, 5.74) is 1.17. The van der Waals surface area contributed by atoms with Crippen LogP contribution in [0.25, 0.3) is 0 Å². The smallest absolute Gasteiger partial charge is 0.223 e. The molecule has 2 N–H and O–H groups in total. The topological polar surface area (TPSA) is 49.3 Å². The molecule has 0 saturated heterocycles. The van der Waals surface area contributed by atoms with Gasteiger partial charge in [0.1, 0.15) is 0 Å². The van der Waals surface area contributed by atoms with Crippen molar-refractivity contribution in [2.45, 2.75) is 44.6 Å². The Kier molecular flexibility index (Phi) is 5.36. The molecule has 1 aliphatic rings. The Balaban J connectivity index is 1.56. The molecule has 3 rings (SSSR count). The first kappa shape index (κ1) is 17.2. The van der Waals surface area contributed by atoms with Crippen molar-refractivity contribution < 1.29 is 9.90 Å². The lowest BCUT2D eigenvalue weighted by atomic mass is 9.93. The number of aliphatic hydroxyl groups is 1. The van der Waals surface area contributed by atoms with Crippen molar-refractivity contribution in [1.29, 1.82) is 0 Å². The van der Waals surface area contributed by atoms with E-state index in [2.05, 4.69) is 36.5 Å². The van der Waals surface area contributed by atoms with Gasteiger partial charge in [0, 0.05) is 34.1 Å². The van der Waals surface area contributed by atoms with Gasteiger partial charge >= 0.3 is 0 Å². The maximum atomic E-state index is 12.4. The van der Waals surface area contributed by atoms with Crippen LogP contribution in [0.15, 0.2) is 42.5 Å². The van der Waals surface area contributed by atoms with Gasteiger partial charge in [0.05, 0.1) is 6.10 Å². The molecule has 1 fully saturated rings. The molecule has 0 spiro atoms. The highest BCUT2D eigenvalue weighted by Gasteiger charge is 2.44. The Bertz CT molecular complexity index is 680. The second kappa shape index (κ2) is 7.49. The lowest BCUT2D eigenvalue weighted by Gasteiger charge is -2.19. The van der Waals surface area contributed by atoms with Gasteiger partial charge in [0.15, 0.2) is 0 Å². The third-order valence-electron chi connectivity index (χ3n) is 4.67. The average Bonchev–Trinajstić information content (AvgIpc) is 3.26. The fourth-order valence-electron chi connectivity index (χ4n) is 3.28. The van der Waals surface area contributed by atoms with Gasteiger partial charge in [-0.1, -0.05) is 30.3 Å². The van der Waals surface area contributed by atoms with Crippen LogP contribution in [0.3, 0.4) is 0 Å². The zero-order valence-electron chi connectivity index (χ0n) is 14.2. The standard InChI is InChI=1S/C20H25NO2S/c1-13(22)10-16(15-6-4-3-5-7-15)12-21-20(23)18-11-17(18)19-9-8-14(2)24-19/h3-9,13,16-18,22H,10-12H2,1-2H3,(H,21,23). The molecule has 1 aromatic carbocycles. The number of carbonyl (C=O) groups excluding carboxylic acids is 1. The van der Waals surface area contributed by atoms with E-state index in [0.29, 0.717) is 18.9 Å². The zero-order valence-corrected chi connectivity index (χ0v) is 15.1. The molecule has 1 heterocycles. The summed E-state index contributed by atoms with van der Waals surface area (Å²) in [6.07, 6.45) is 1.23. The first-order valence-electron chi connectivity index (χ1n) is 8.61. The summed E-state index contributed by atoms with van der Waals surface area (Å²) < 4.78 is 0. The van der Waals surface area contributed by atoms with E-state index in [-0.39, 0.29) is 23.8 Å². The summed E-state index contributed by atoms with van der Waals surface area (Å²) in [7, 11) is 0. The van der Waals surface area contributed by atoms with Crippen molar-refractivity contribution in [3.63, 3.8) is 0 Å². The minimum absolute atomic E-state index is 0.117. The highest BCUT2D eigenvalue weighted by Crippen LogP contribution is 2.49. The van der Waals surface area contributed by atoms with Gasteiger partial charge in [-0.2, -0.15) is 0 Å². The minimum atomic E-state index is -0.380. The van der Waals surface area contributed by atoms with Gasteiger partial charge in [-0.05, 0) is 44.4 Å². The molecule has 128 valence electrons. The Labute approximate surface area is 147 Å². The van der Waals surface area contributed by atoms with Crippen LogP contribution in [0.4, 0.5) is 0 Å². The molecule has 4 heteroatoms. The van der Waals surface area contributed by atoms with Crippen molar-refractivity contribution in [1.82, 2.24) is 5.32 Å². The summed E-state index contributed by atoms with van der Waals surface area (Å²) in [5.74, 6) is 0.815. The van der Waals surface area contributed by atoms with Crippen molar-refractivity contribution in [2.75, 3.05) is 6.54 Å². The zero-order chi connectivity index (χ0) is 17.1. The highest BCUT2D eigenvalue weighted by atomic mass is 32.1. The van der Waals surface area contributed by atoms with Gasteiger partial charge in [0.25, 0.3) is 0 Å². The number of rotatable bonds is 7. The summed E-state index contributed by atoms with van der Waals surface area (Å²) in [6.45, 7) is 4.49. The summed E-state index contributed by atoms with van der Waals surface area (Å²) in [5, 5.41) is 12.9. The largest absolute Gasteiger partial charge is 0.393 e. The van der Waals surface area contributed by atoms with E-state index in [1.165, 1.54) is 15.3 Å². The monoisotopic (exact) mass is 343 g/mol. The molecular formula is C20H25NO2S. The predicted octanol–water partition coefficient (Wildman–Crippen LogP) is 3.83. The normalized spacial score (nSPS) is 22.0. The number of hydrogen-bond acceptors (Lipinski definition) is 3. The molecule has 4 unspecified atom stereocenters. The Morgan fingerprint density at radius 1 is 1.29 bits per heavy atom. The minimum Gasteiger partial charge on any atom is -0.393 e. The van der Waals surface area contributed by atoms with Crippen LogP contribution in [-0.4, -0.2) is 23.7 Å². The van der Waals surface area contributed by atoms with Crippen LogP contribution in [0.1, 0.15) is 46.9 Å². The maximum Gasteiger partial charge on any atom is 0.223 e. The molecule has 1 saturated carbocycles. The summed E-state index contributed by atoms with van der Waals surface area (Å²) in [6, 6.07) is 14.4. The molecule has 0 aliphatic heterocycles. The number of benzene rings is 1. The van der Waals surface area contributed by atoms with Gasteiger partial charge in [-0.15, -0.1) is 11.3 Å². The number of aliphatic hydroxyl groups excluding tert-OH is 1. The molecule has 0 bridgehead atoms. The second-order valence-electron chi connectivity index (χ2n) is 6.83. The molecule has 0 radical (unpaired) electrons. The molecule has 24 heavy (non-hydrogen) atoms. The highest BCUT2D eigenvalue weighted by molar-refractivity contribution is 7.12. The summed E-state index contributed by atoms with van der Waals surface area (Å²) in [4.78, 5) is 15.1. The molecular weight excluding hydrogens is 318 g/mol. The van der Waals surface area contributed by atoms with Crippen LogP contribution in [0.2, 0.25) is 0 Å². The SMILES string of the molecule is Cc1ccc(C2CC2C(=O)NCC(CC(C)O)c2ccccc2)s1. The van der Waals surface area contributed by atoms with Crippen LogP contribution in [0, 0.1) is 12.8 Å². The van der Waals surface area contributed by atoms with Crippen molar-refractivity contribution in [2.24, 2.45) is 5.92 Å². The third kappa shape index (κ3) is 4.25. The lowest BCUT2D eigenvalue weighted by Crippen LogP contribution is -2.31.